The van der Waals surface area contributed by atoms with Crippen molar-refractivity contribution in [3.8, 4) is 0 Å². The van der Waals surface area contributed by atoms with Crippen molar-refractivity contribution in [2.75, 3.05) is 13.2 Å². The van der Waals surface area contributed by atoms with E-state index in [0.717, 1.165) is 0 Å². The van der Waals surface area contributed by atoms with Gasteiger partial charge in [0.1, 0.15) is 18.5 Å². The summed E-state index contributed by atoms with van der Waals surface area (Å²) in [4.78, 5) is 24.8. The third-order valence-electron chi connectivity index (χ3n) is 4.45. The standard InChI is InChI=1S/C17H13FINO4/c1-7-16-15(17(22)24-7)13(8-2-3-9(18)10(19)4-8)14-11(20-16)5-23-6-12(14)21/h2-4,7,13,20H,5-6H2,1H3/t7-,13+/m0/s1. The molecule has 0 saturated carbocycles. The lowest BCUT2D eigenvalue weighted by atomic mass is 9.78. The van der Waals surface area contributed by atoms with Crippen molar-refractivity contribution in [2.45, 2.75) is 18.9 Å². The number of Topliss-reactive ketones (excluding diaryl/α,β-unsaturated/α-hetero) is 1. The number of ether oxygens (including phenoxy) is 2. The van der Waals surface area contributed by atoms with Gasteiger partial charge in [0.25, 0.3) is 0 Å². The number of rotatable bonds is 1. The number of nitrogens with one attached hydrogen (secondary N) is 1. The molecule has 0 amide bonds. The van der Waals surface area contributed by atoms with Gasteiger partial charge in [-0.05, 0) is 47.2 Å². The number of carbonyl (C=O) groups is 2. The topological polar surface area (TPSA) is 64.6 Å². The van der Waals surface area contributed by atoms with Crippen LogP contribution in [0.3, 0.4) is 0 Å². The molecule has 5 nitrogen and oxygen atoms in total. The van der Waals surface area contributed by atoms with E-state index in [-0.39, 0.29) is 24.8 Å². The molecule has 1 aromatic carbocycles. The maximum Gasteiger partial charge on any atom is 0.337 e. The second-order valence-corrected chi connectivity index (χ2v) is 7.08. The Morgan fingerprint density at radius 3 is 2.79 bits per heavy atom. The molecule has 2 atom stereocenters. The molecule has 4 rings (SSSR count). The van der Waals surface area contributed by atoms with E-state index in [9.17, 15) is 14.0 Å². The zero-order valence-electron chi connectivity index (χ0n) is 12.7. The van der Waals surface area contributed by atoms with Gasteiger partial charge in [0.15, 0.2) is 5.78 Å². The van der Waals surface area contributed by atoms with Gasteiger partial charge in [-0.2, -0.15) is 0 Å². The summed E-state index contributed by atoms with van der Waals surface area (Å²) in [5, 5.41) is 3.15. The van der Waals surface area contributed by atoms with Gasteiger partial charge in [-0.15, -0.1) is 0 Å². The fourth-order valence-corrected chi connectivity index (χ4v) is 3.93. The highest BCUT2D eigenvalue weighted by atomic mass is 127. The van der Waals surface area contributed by atoms with Crippen molar-refractivity contribution in [3.05, 3.63) is 55.7 Å². The summed E-state index contributed by atoms with van der Waals surface area (Å²) < 4.78 is 24.7. The molecule has 0 saturated heterocycles. The van der Waals surface area contributed by atoms with Crippen molar-refractivity contribution in [1.29, 1.82) is 0 Å². The number of ketones is 1. The molecule has 3 aliphatic heterocycles. The van der Waals surface area contributed by atoms with Crippen molar-refractivity contribution >= 4 is 34.3 Å². The number of dihydropyridines is 1. The maximum atomic E-state index is 13.7. The van der Waals surface area contributed by atoms with Crippen LogP contribution in [0.2, 0.25) is 0 Å². The number of hydrogen-bond acceptors (Lipinski definition) is 5. The fraction of sp³-hybridized carbons (Fsp3) is 0.294. The number of cyclic esters (lactones) is 1. The Balaban J connectivity index is 1.93. The van der Waals surface area contributed by atoms with Crippen LogP contribution in [-0.2, 0) is 19.1 Å². The molecule has 1 N–H and O–H groups in total. The monoisotopic (exact) mass is 441 g/mol. The van der Waals surface area contributed by atoms with Gasteiger partial charge in [-0.25, -0.2) is 9.18 Å². The van der Waals surface area contributed by atoms with Crippen LogP contribution in [0.5, 0.6) is 0 Å². The summed E-state index contributed by atoms with van der Waals surface area (Å²) in [6.45, 7) is 2.02. The first-order chi connectivity index (χ1) is 11.5. The molecule has 124 valence electrons. The first kappa shape index (κ1) is 15.8. The predicted molar refractivity (Wildman–Crippen MR) is 90.4 cm³/mol. The van der Waals surface area contributed by atoms with Crippen LogP contribution in [0.1, 0.15) is 18.4 Å². The Kier molecular flexibility index (Phi) is 3.72. The van der Waals surface area contributed by atoms with Gasteiger partial charge in [0, 0.05) is 20.8 Å². The largest absolute Gasteiger partial charge is 0.453 e. The Morgan fingerprint density at radius 1 is 1.25 bits per heavy atom. The SMILES string of the molecule is C[C@@H]1OC(=O)C2=C1NC1=C(C(=O)COC1)[C@H]2c1ccc(F)c(I)c1. The molecule has 0 bridgehead atoms. The van der Waals surface area contributed by atoms with Crippen LogP contribution in [0.25, 0.3) is 0 Å². The molecule has 3 aliphatic rings. The summed E-state index contributed by atoms with van der Waals surface area (Å²) >= 11 is 1.90. The van der Waals surface area contributed by atoms with Gasteiger partial charge in [0.2, 0.25) is 0 Å². The van der Waals surface area contributed by atoms with E-state index in [0.29, 0.717) is 31.7 Å². The lowest BCUT2D eigenvalue weighted by Crippen LogP contribution is -2.37. The predicted octanol–water partition coefficient (Wildman–Crippen LogP) is 2.17. The average molecular weight is 441 g/mol. The molecule has 0 aromatic heterocycles. The first-order valence-corrected chi connectivity index (χ1v) is 8.56. The second-order valence-electron chi connectivity index (χ2n) is 5.91. The minimum atomic E-state index is -0.556. The molecular weight excluding hydrogens is 428 g/mol. The lowest BCUT2D eigenvalue weighted by Gasteiger charge is -2.32. The Morgan fingerprint density at radius 2 is 2.04 bits per heavy atom. The zero-order valence-corrected chi connectivity index (χ0v) is 14.8. The van der Waals surface area contributed by atoms with Crippen LogP contribution in [-0.4, -0.2) is 31.1 Å². The van der Waals surface area contributed by atoms with E-state index < -0.39 is 18.0 Å². The Labute approximate surface area is 151 Å². The molecule has 0 spiro atoms. The molecule has 3 heterocycles. The van der Waals surface area contributed by atoms with E-state index in [1.807, 2.05) is 22.6 Å². The van der Waals surface area contributed by atoms with E-state index in [1.54, 1.807) is 19.1 Å². The normalized spacial score (nSPS) is 26.1. The van der Waals surface area contributed by atoms with Gasteiger partial charge < -0.3 is 14.8 Å². The third-order valence-corrected chi connectivity index (χ3v) is 5.27. The molecule has 0 radical (unpaired) electrons. The van der Waals surface area contributed by atoms with E-state index in [4.69, 9.17) is 9.47 Å². The second kappa shape index (κ2) is 5.66. The summed E-state index contributed by atoms with van der Waals surface area (Å²) in [5.41, 5.74) is 2.94. The number of benzene rings is 1. The smallest absolute Gasteiger partial charge is 0.337 e. The average Bonchev–Trinajstić information content (AvgIpc) is 2.83. The molecule has 0 aliphatic carbocycles. The van der Waals surface area contributed by atoms with Gasteiger partial charge in [-0.1, -0.05) is 6.07 Å². The van der Waals surface area contributed by atoms with Crippen LogP contribution < -0.4 is 5.32 Å². The van der Waals surface area contributed by atoms with E-state index in [1.165, 1.54) is 6.07 Å². The molecular formula is C17H13FINO4. The summed E-state index contributed by atoms with van der Waals surface area (Å²) in [6.07, 6.45) is -0.416. The van der Waals surface area contributed by atoms with Crippen molar-refractivity contribution in [3.63, 3.8) is 0 Å². The number of hydrogen-bond donors (Lipinski definition) is 1. The van der Waals surface area contributed by atoms with E-state index >= 15 is 0 Å². The van der Waals surface area contributed by atoms with E-state index in [2.05, 4.69) is 5.32 Å². The number of esters is 1. The van der Waals surface area contributed by atoms with Crippen LogP contribution in [0.15, 0.2) is 40.7 Å². The van der Waals surface area contributed by atoms with Crippen LogP contribution in [0.4, 0.5) is 4.39 Å². The summed E-state index contributed by atoms with van der Waals surface area (Å²) in [7, 11) is 0. The maximum absolute atomic E-state index is 13.7. The third kappa shape index (κ3) is 2.29. The molecule has 0 fully saturated rings. The van der Waals surface area contributed by atoms with Gasteiger partial charge in [-0.3, -0.25) is 4.79 Å². The lowest BCUT2D eigenvalue weighted by molar-refractivity contribution is -0.139. The summed E-state index contributed by atoms with van der Waals surface area (Å²) in [6, 6.07) is 4.63. The van der Waals surface area contributed by atoms with Crippen LogP contribution >= 0.6 is 22.6 Å². The Hall–Kier alpha value is -1.74. The fourth-order valence-electron chi connectivity index (χ4n) is 3.39. The quantitative estimate of drug-likeness (QED) is 0.535. The molecule has 0 unspecified atom stereocenters. The van der Waals surface area contributed by atoms with Gasteiger partial charge >= 0.3 is 5.97 Å². The van der Waals surface area contributed by atoms with Gasteiger partial charge in [0.05, 0.1) is 17.9 Å². The molecule has 24 heavy (non-hydrogen) atoms. The highest BCUT2D eigenvalue weighted by Crippen LogP contribution is 2.44. The van der Waals surface area contributed by atoms with Crippen molar-refractivity contribution < 1.29 is 23.5 Å². The minimum Gasteiger partial charge on any atom is -0.453 e. The number of carbonyl (C=O) groups excluding carboxylic acids is 2. The van der Waals surface area contributed by atoms with Crippen LogP contribution in [0, 0.1) is 9.39 Å². The molecule has 7 heteroatoms. The number of halogens is 2. The summed E-state index contributed by atoms with van der Waals surface area (Å²) in [5.74, 6) is -1.51. The van der Waals surface area contributed by atoms with Crippen molar-refractivity contribution in [1.82, 2.24) is 5.32 Å². The zero-order chi connectivity index (χ0) is 17.0. The highest BCUT2D eigenvalue weighted by molar-refractivity contribution is 14.1. The van der Waals surface area contributed by atoms with Crippen molar-refractivity contribution in [2.24, 2.45) is 0 Å². The highest BCUT2D eigenvalue weighted by Gasteiger charge is 2.45. The first-order valence-electron chi connectivity index (χ1n) is 7.48. The minimum absolute atomic E-state index is 0.0253. The molecule has 1 aromatic rings. The Bertz CT molecular complexity index is 843.